The lowest BCUT2D eigenvalue weighted by Gasteiger charge is -2.34. The van der Waals surface area contributed by atoms with Gasteiger partial charge in [0.05, 0.1) is 24.4 Å². The van der Waals surface area contributed by atoms with Gasteiger partial charge in [0, 0.05) is 22.9 Å². The van der Waals surface area contributed by atoms with Crippen LogP contribution in [0.15, 0.2) is 43.9 Å². The van der Waals surface area contributed by atoms with Crippen molar-refractivity contribution in [1.82, 2.24) is 10.5 Å². The van der Waals surface area contributed by atoms with E-state index >= 15 is 0 Å². The third-order valence-corrected chi connectivity index (χ3v) is 5.64. The number of carbonyl (C=O) groups excluding carboxylic acids is 1. The number of carbonyl (C=O) groups is 1. The molecule has 8 nitrogen and oxygen atoms in total. The van der Waals surface area contributed by atoms with E-state index < -0.39 is 12.1 Å². The van der Waals surface area contributed by atoms with Gasteiger partial charge in [-0.15, -0.1) is 0 Å². The number of nitrogens with one attached hydrogen (secondary N) is 1. The molecule has 1 fully saturated rings. The van der Waals surface area contributed by atoms with E-state index in [-0.39, 0.29) is 17.9 Å². The molecular weight excluding hydrogens is 433 g/mol. The largest absolute Gasteiger partial charge is 0.464 e. The minimum Gasteiger partial charge on any atom is -0.464 e. The number of halogens is 2. The predicted molar refractivity (Wildman–Crippen MR) is 103 cm³/mol. The Bertz CT molecular complexity index is 903. The van der Waals surface area contributed by atoms with Gasteiger partial charge in [-0.3, -0.25) is 14.8 Å². The van der Waals surface area contributed by atoms with E-state index in [9.17, 15) is 9.18 Å². The van der Waals surface area contributed by atoms with Crippen LogP contribution < -0.4 is 11.3 Å². The number of hydrazine groups is 1. The van der Waals surface area contributed by atoms with E-state index in [4.69, 9.17) is 20.4 Å². The number of amidine groups is 1. The van der Waals surface area contributed by atoms with Gasteiger partial charge in [0.1, 0.15) is 12.2 Å². The first-order chi connectivity index (χ1) is 13.4. The Kier molecular flexibility index (Phi) is 5.17. The zero-order valence-corrected chi connectivity index (χ0v) is 16.6. The van der Waals surface area contributed by atoms with Crippen molar-refractivity contribution in [2.75, 3.05) is 6.61 Å². The second-order valence-electron chi connectivity index (χ2n) is 6.76. The molecule has 0 aliphatic carbocycles. The Morgan fingerprint density at radius 3 is 3.00 bits per heavy atom. The van der Waals surface area contributed by atoms with Crippen LogP contribution in [0.25, 0.3) is 0 Å². The summed E-state index contributed by atoms with van der Waals surface area (Å²) < 4.78 is 19.0. The maximum absolute atomic E-state index is 13.5. The fourth-order valence-electron chi connectivity index (χ4n) is 3.39. The highest BCUT2D eigenvalue weighted by atomic mass is 79.9. The number of nitrogens with two attached hydrogens (primary N) is 1. The summed E-state index contributed by atoms with van der Waals surface area (Å²) >= 11 is 3.41. The molecule has 1 aromatic rings. The van der Waals surface area contributed by atoms with Gasteiger partial charge in [0.15, 0.2) is 11.9 Å². The molecule has 1 aromatic carbocycles. The molecule has 0 amide bonds. The van der Waals surface area contributed by atoms with Gasteiger partial charge in [0.2, 0.25) is 0 Å². The van der Waals surface area contributed by atoms with Crippen molar-refractivity contribution in [1.29, 1.82) is 0 Å². The monoisotopic (exact) mass is 451 g/mol. The van der Waals surface area contributed by atoms with Crippen LogP contribution in [0.5, 0.6) is 0 Å². The van der Waals surface area contributed by atoms with E-state index in [0.717, 1.165) is 16.8 Å². The van der Waals surface area contributed by atoms with Crippen molar-refractivity contribution in [3.8, 4) is 0 Å². The van der Waals surface area contributed by atoms with Crippen molar-refractivity contribution in [2.45, 2.75) is 38.0 Å². The zero-order valence-electron chi connectivity index (χ0n) is 15.1. The Morgan fingerprint density at radius 2 is 2.29 bits per heavy atom. The summed E-state index contributed by atoms with van der Waals surface area (Å²) in [6.45, 7) is 2.25. The van der Waals surface area contributed by atoms with Crippen molar-refractivity contribution in [2.24, 2.45) is 15.8 Å². The summed E-state index contributed by atoms with van der Waals surface area (Å²) in [4.78, 5) is 26.4. The molecule has 3 heterocycles. The van der Waals surface area contributed by atoms with Crippen LogP contribution in [-0.4, -0.2) is 41.9 Å². The van der Waals surface area contributed by atoms with Crippen molar-refractivity contribution in [3.05, 3.63) is 45.3 Å². The SMILES string of the molecule is CC1C2=C(C[C@H](c3ccc(F)cc3Br)N=C2NOC2CCOC2=O)N=CN1N. The summed E-state index contributed by atoms with van der Waals surface area (Å²) in [6.07, 6.45) is 1.87. The Balaban J connectivity index is 1.66. The number of aliphatic imine (C=N–C) groups is 2. The number of rotatable bonds is 3. The highest BCUT2D eigenvalue weighted by Gasteiger charge is 2.34. The third kappa shape index (κ3) is 3.54. The van der Waals surface area contributed by atoms with Crippen molar-refractivity contribution >= 4 is 34.1 Å². The van der Waals surface area contributed by atoms with Gasteiger partial charge < -0.3 is 4.74 Å². The molecule has 4 rings (SSSR count). The number of nitrogens with zero attached hydrogens (tertiary/aromatic N) is 3. The number of dihydropyridines is 1. The average Bonchev–Trinajstić information content (AvgIpc) is 3.07. The lowest BCUT2D eigenvalue weighted by atomic mass is 9.93. The normalized spacial score (nSPS) is 26.9. The van der Waals surface area contributed by atoms with Crippen LogP contribution in [0.4, 0.5) is 4.39 Å². The summed E-state index contributed by atoms with van der Waals surface area (Å²) in [7, 11) is 0. The first-order valence-corrected chi connectivity index (χ1v) is 9.65. The maximum Gasteiger partial charge on any atom is 0.338 e. The molecule has 3 N–H and O–H groups in total. The molecule has 148 valence electrons. The lowest BCUT2D eigenvalue weighted by Crippen LogP contribution is -2.47. The summed E-state index contributed by atoms with van der Waals surface area (Å²) in [5, 5.41) is 1.48. The molecule has 0 radical (unpaired) electrons. The maximum atomic E-state index is 13.5. The molecular formula is C18H19BrFN5O3. The quantitative estimate of drug-likeness (QED) is 0.414. The molecule has 1 saturated heterocycles. The third-order valence-electron chi connectivity index (χ3n) is 4.96. The molecule has 3 atom stereocenters. The Morgan fingerprint density at radius 1 is 1.46 bits per heavy atom. The average molecular weight is 452 g/mol. The fraction of sp³-hybridized carbons (Fsp3) is 0.389. The van der Waals surface area contributed by atoms with Gasteiger partial charge in [-0.05, 0) is 24.6 Å². The minimum atomic E-state index is -0.693. The van der Waals surface area contributed by atoms with Gasteiger partial charge in [-0.25, -0.2) is 25.5 Å². The van der Waals surface area contributed by atoms with Gasteiger partial charge in [-0.1, -0.05) is 22.0 Å². The highest BCUT2D eigenvalue weighted by molar-refractivity contribution is 9.10. The topological polar surface area (TPSA) is 102 Å². The first-order valence-electron chi connectivity index (χ1n) is 8.85. The van der Waals surface area contributed by atoms with Gasteiger partial charge >= 0.3 is 5.97 Å². The smallest absolute Gasteiger partial charge is 0.338 e. The molecule has 0 spiro atoms. The van der Waals surface area contributed by atoms with E-state index in [1.54, 1.807) is 12.4 Å². The number of ether oxygens (including phenoxy) is 1. The lowest BCUT2D eigenvalue weighted by molar-refractivity contribution is -0.149. The summed E-state index contributed by atoms with van der Waals surface area (Å²) in [5.41, 5.74) is 5.25. The number of cyclic esters (lactones) is 1. The molecule has 0 aromatic heterocycles. The fourth-order valence-corrected chi connectivity index (χ4v) is 4.01. The van der Waals surface area contributed by atoms with Crippen LogP contribution in [-0.2, 0) is 14.4 Å². The van der Waals surface area contributed by atoms with Gasteiger partial charge in [-0.2, -0.15) is 0 Å². The standard InChI is InChI=1S/C18H19BrFN5O3/c1-9-16-14(22-8-25(9)21)7-13(11-3-2-10(20)6-12(11)19)23-17(16)24-28-15-4-5-27-18(15)26/h2-3,6,8-9,13,15H,4-5,7,21H2,1H3,(H,23,24)/t9?,13-,15?/m1/s1. The Hall–Kier alpha value is -2.30. The summed E-state index contributed by atoms with van der Waals surface area (Å²) in [5.74, 6) is 5.68. The molecule has 10 heteroatoms. The predicted octanol–water partition coefficient (Wildman–Crippen LogP) is 2.13. The van der Waals surface area contributed by atoms with Crippen LogP contribution in [0.3, 0.4) is 0 Å². The number of hydrogen-bond donors (Lipinski definition) is 2. The second-order valence-corrected chi connectivity index (χ2v) is 7.61. The Labute approximate surface area is 169 Å². The van der Waals surface area contributed by atoms with Crippen LogP contribution in [0.1, 0.15) is 31.4 Å². The minimum absolute atomic E-state index is 0.185. The zero-order chi connectivity index (χ0) is 19.8. The van der Waals surface area contributed by atoms with Crippen LogP contribution in [0.2, 0.25) is 0 Å². The molecule has 2 unspecified atom stereocenters. The number of hydrogen-bond acceptors (Lipinski definition) is 8. The molecule has 0 bridgehead atoms. The van der Waals surface area contributed by atoms with Crippen LogP contribution >= 0.6 is 15.9 Å². The molecule has 0 saturated carbocycles. The van der Waals surface area contributed by atoms with Crippen LogP contribution in [0, 0.1) is 5.82 Å². The van der Waals surface area contributed by atoms with E-state index in [0.29, 0.717) is 29.8 Å². The van der Waals surface area contributed by atoms with E-state index in [2.05, 4.69) is 26.4 Å². The first kappa shape index (κ1) is 19.0. The molecule has 28 heavy (non-hydrogen) atoms. The number of hydroxylamine groups is 1. The molecule has 3 aliphatic heterocycles. The van der Waals surface area contributed by atoms with Crippen molar-refractivity contribution < 1.29 is 18.8 Å². The summed E-state index contributed by atoms with van der Waals surface area (Å²) in [6, 6.07) is 4.00. The van der Waals surface area contributed by atoms with E-state index in [1.165, 1.54) is 17.1 Å². The second kappa shape index (κ2) is 7.61. The van der Waals surface area contributed by atoms with E-state index in [1.807, 2.05) is 6.92 Å². The van der Waals surface area contributed by atoms with Crippen molar-refractivity contribution in [3.63, 3.8) is 0 Å². The molecule has 3 aliphatic rings. The van der Waals surface area contributed by atoms with Gasteiger partial charge in [0.25, 0.3) is 0 Å². The number of benzene rings is 1. The highest BCUT2D eigenvalue weighted by Crippen LogP contribution is 2.38. The number of esters is 1.